The highest BCUT2D eigenvalue weighted by atomic mass is 31.2. The Morgan fingerprint density at radius 3 is 2.86 bits per heavy atom. The molecule has 0 radical (unpaired) electrons. The summed E-state index contributed by atoms with van der Waals surface area (Å²) in [6.07, 6.45) is -1.16. The average Bonchev–Trinajstić information content (AvgIpc) is 3.18. The van der Waals surface area contributed by atoms with Crippen molar-refractivity contribution in [3.8, 4) is 5.88 Å². The predicted molar refractivity (Wildman–Crippen MR) is 93.7 cm³/mol. The molecule has 0 amide bonds. The lowest BCUT2D eigenvalue weighted by molar-refractivity contribution is 0.0795. The van der Waals surface area contributed by atoms with Crippen molar-refractivity contribution >= 4 is 30.9 Å². The molecule has 0 saturated carbocycles. The third-order valence-corrected chi connectivity index (χ3v) is 4.93. The molecule has 1 saturated heterocycles. The van der Waals surface area contributed by atoms with Crippen molar-refractivity contribution in [2.45, 2.75) is 25.7 Å². The molecule has 13 nitrogen and oxygen atoms in total. The van der Waals surface area contributed by atoms with Crippen molar-refractivity contribution < 1.29 is 37.7 Å². The van der Waals surface area contributed by atoms with Crippen molar-refractivity contribution in [1.29, 1.82) is 0 Å². The molecule has 3 atom stereocenters. The summed E-state index contributed by atoms with van der Waals surface area (Å²) >= 11 is 0. The molecular formula is C14H20N5O8P. The summed E-state index contributed by atoms with van der Waals surface area (Å²) in [5.41, 5.74) is 6.53. The Hall–Kier alpha value is -2.47. The molecule has 154 valence electrons. The summed E-state index contributed by atoms with van der Waals surface area (Å²) in [6.45, 7) is 1.70. The molecule has 2 aromatic heterocycles. The highest BCUT2D eigenvalue weighted by Crippen LogP contribution is 2.42. The molecule has 2 aromatic rings. The molecular weight excluding hydrogens is 397 g/mol. The van der Waals surface area contributed by atoms with Gasteiger partial charge < -0.3 is 38.7 Å². The van der Waals surface area contributed by atoms with Gasteiger partial charge in [-0.05, 0) is 6.92 Å². The van der Waals surface area contributed by atoms with Crippen molar-refractivity contribution in [3.63, 3.8) is 0 Å². The Morgan fingerprint density at radius 2 is 2.18 bits per heavy atom. The first-order valence-corrected chi connectivity index (χ1v) is 9.99. The van der Waals surface area contributed by atoms with Gasteiger partial charge in [0.1, 0.15) is 12.5 Å². The van der Waals surface area contributed by atoms with E-state index in [0.29, 0.717) is 17.7 Å². The van der Waals surface area contributed by atoms with E-state index in [-0.39, 0.29) is 25.0 Å². The Bertz CT molecular complexity index is 905. The lowest BCUT2D eigenvalue weighted by Crippen LogP contribution is -2.24. The maximum Gasteiger partial charge on any atom is 0.509 e. The molecule has 3 rings (SSSR count). The van der Waals surface area contributed by atoms with Crippen molar-refractivity contribution in [2.24, 2.45) is 0 Å². The highest BCUT2D eigenvalue weighted by Gasteiger charge is 2.35. The van der Waals surface area contributed by atoms with E-state index >= 15 is 0 Å². The second-order valence-corrected chi connectivity index (χ2v) is 7.69. The van der Waals surface area contributed by atoms with Crippen LogP contribution in [0.4, 0.5) is 10.7 Å². The lowest BCUT2D eigenvalue weighted by Gasteiger charge is -2.16. The topological polar surface area (TPSA) is 170 Å². The summed E-state index contributed by atoms with van der Waals surface area (Å²) in [6, 6.07) is 0. The third-order valence-electron chi connectivity index (χ3n) is 3.87. The van der Waals surface area contributed by atoms with E-state index in [2.05, 4.69) is 15.0 Å². The summed E-state index contributed by atoms with van der Waals surface area (Å²) in [7, 11) is -2.58. The van der Waals surface area contributed by atoms with Gasteiger partial charge in [-0.25, -0.2) is 9.78 Å². The summed E-state index contributed by atoms with van der Waals surface area (Å²) in [5, 5.41) is 0. The first-order valence-electron chi connectivity index (χ1n) is 8.23. The Kier molecular flexibility index (Phi) is 5.98. The molecule has 1 aliphatic rings. The number of fused-ring (bicyclic) bond motifs is 1. The molecule has 28 heavy (non-hydrogen) atoms. The molecule has 3 N–H and O–H groups in total. The number of anilines is 1. The monoisotopic (exact) mass is 417 g/mol. The first-order chi connectivity index (χ1) is 13.3. The number of ether oxygens (including phenoxy) is 4. The number of hydrogen-bond donors (Lipinski definition) is 2. The number of hydrogen-bond acceptors (Lipinski definition) is 11. The Morgan fingerprint density at radius 1 is 1.39 bits per heavy atom. The Balaban J connectivity index is 1.49. The van der Waals surface area contributed by atoms with E-state index in [9.17, 15) is 14.3 Å². The fourth-order valence-corrected chi connectivity index (χ4v) is 3.27. The normalized spacial score (nSPS) is 21.3. The average molecular weight is 417 g/mol. The number of nitrogens with zero attached hydrogens (tertiary/aromatic N) is 4. The minimum absolute atomic E-state index is 0.0334. The third kappa shape index (κ3) is 4.68. The maximum absolute atomic E-state index is 12.0. The second kappa shape index (κ2) is 8.27. The van der Waals surface area contributed by atoms with E-state index in [1.807, 2.05) is 0 Å². The van der Waals surface area contributed by atoms with Crippen LogP contribution in [0.15, 0.2) is 6.33 Å². The number of nitrogens with two attached hydrogens (primary N) is 1. The summed E-state index contributed by atoms with van der Waals surface area (Å²) in [5.74, 6) is 0.285. The van der Waals surface area contributed by atoms with Gasteiger partial charge in [-0.3, -0.25) is 4.57 Å². The van der Waals surface area contributed by atoms with Gasteiger partial charge >= 0.3 is 13.8 Å². The number of methoxy groups -OCH3 is 1. The molecule has 0 aromatic carbocycles. The van der Waals surface area contributed by atoms with E-state index < -0.39 is 32.3 Å². The minimum Gasteiger partial charge on any atom is -0.479 e. The van der Waals surface area contributed by atoms with Crippen molar-refractivity contribution in [3.05, 3.63) is 6.33 Å². The zero-order valence-corrected chi connectivity index (χ0v) is 16.1. The smallest absolute Gasteiger partial charge is 0.479 e. The molecule has 0 aliphatic carbocycles. The van der Waals surface area contributed by atoms with Crippen molar-refractivity contribution in [1.82, 2.24) is 19.5 Å². The van der Waals surface area contributed by atoms with Gasteiger partial charge in [0, 0.05) is 6.54 Å². The number of imidazole rings is 1. The van der Waals surface area contributed by atoms with Crippen LogP contribution >= 0.6 is 7.60 Å². The molecule has 0 bridgehead atoms. The van der Waals surface area contributed by atoms with Crippen LogP contribution in [0.3, 0.4) is 0 Å². The molecule has 1 aliphatic heterocycles. The van der Waals surface area contributed by atoms with Gasteiger partial charge in [0.15, 0.2) is 17.3 Å². The molecule has 3 heterocycles. The number of carbonyl (C=O) groups excluding carboxylic acids is 1. The van der Waals surface area contributed by atoms with E-state index in [0.717, 1.165) is 0 Å². The van der Waals surface area contributed by atoms with E-state index in [1.54, 1.807) is 11.5 Å². The van der Waals surface area contributed by atoms with Crippen molar-refractivity contribution in [2.75, 3.05) is 32.4 Å². The summed E-state index contributed by atoms with van der Waals surface area (Å²) < 4.78 is 38.5. The molecule has 14 heteroatoms. The fraction of sp³-hybridized carbons (Fsp3) is 0.571. The number of nitrogen functional groups attached to an aromatic ring is 1. The molecule has 0 spiro atoms. The SMILES string of the molecule is COc1nc(N)nc2c1ncn2CCOCP(=O)(O)OCC1OC(=O)OC1C. The van der Waals surface area contributed by atoms with E-state index in [1.165, 1.54) is 13.4 Å². The van der Waals surface area contributed by atoms with Gasteiger partial charge in [0.25, 0.3) is 0 Å². The van der Waals surface area contributed by atoms with Gasteiger partial charge in [0.2, 0.25) is 11.8 Å². The predicted octanol–water partition coefficient (Wildman–Crippen LogP) is 0.517. The second-order valence-electron chi connectivity index (χ2n) is 5.90. The fourth-order valence-electron chi connectivity index (χ4n) is 2.45. The van der Waals surface area contributed by atoms with Gasteiger partial charge in [0.05, 0.1) is 26.7 Å². The number of cyclic esters (lactones) is 2. The van der Waals surface area contributed by atoms with Crippen LogP contribution in [-0.4, -0.2) is 69.4 Å². The number of rotatable bonds is 9. The highest BCUT2D eigenvalue weighted by molar-refractivity contribution is 7.52. The largest absolute Gasteiger partial charge is 0.509 e. The van der Waals surface area contributed by atoms with Crippen LogP contribution in [0, 0.1) is 0 Å². The van der Waals surface area contributed by atoms with Crippen LogP contribution in [-0.2, 0) is 29.8 Å². The zero-order chi connectivity index (χ0) is 20.3. The van der Waals surface area contributed by atoms with Gasteiger partial charge in [-0.15, -0.1) is 0 Å². The lowest BCUT2D eigenvalue weighted by atomic mass is 10.2. The van der Waals surface area contributed by atoms with Crippen LogP contribution in [0.5, 0.6) is 5.88 Å². The molecule has 3 unspecified atom stereocenters. The van der Waals surface area contributed by atoms with Crippen LogP contribution in [0.1, 0.15) is 6.92 Å². The summed E-state index contributed by atoms with van der Waals surface area (Å²) in [4.78, 5) is 33.0. The van der Waals surface area contributed by atoms with Gasteiger partial charge in [-0.1, -0.05) is 0 Å². The first kappa shape index (κ1) is 20.3. The van der Waals surface area contributed by atoms with Gasteiger partial charge in [-0.2, -0.15) is 9.97 Å². The zero-order valence-electron chi connectivity index (χ0n) is 15.2. The molecule has 1 fully saturated rings. The van der Waals surface area contributed by atoms with E-state index in [4.69, 9.17) is 29.2 Å². The van der Waals surface area contributed by atoms with Crippen LogP contribution in [0.25, 0.3) is 11.2 Å². The van der Waals surface area contributed by atoms with Crippen LogP contribution < -0.4 is 10.5 Å². The minimum atomic E-state index is -4.03. The number of aromatic nitrogens is 4. The standard InChI is InChI=1S/C14H20N5O8P/c1-8-9(27-14(20)26-8)5-25-28(21,22)7-24-4-3-19-6-16-10-11(19)17-13(15)18-12(10)23-2/h6,8-9H,3-5,7H2,1-2H3,(H,21,22)(H2,15,17,18). The van der Waals surface area contributed by atoms with Crippen LogP contribution in [0.2, 0.25) is 0 Å². The quantitative estimate of drug-likeness (QED) is 0.330. The maximum atomic E-state index is 12.0. The number of carbonyl (C=O) groups is 1. The Labute approximate surface area is 159 Å².